The van der Waals surface area contributed by atoms with Crippen LogP contribution in [-0.2, 0) is 0 Å². The molecule has 0 fully saturated rings. The van der Waals surface area contributed by atoms with E-state index in [4.69, 9.17) is 14.4 Å². The molecule has 0 aliphatic heterocycles. The van der Waals surface area contributed by atoms with Crippen LogP contribution < -0.4 is 0 Å². The largest absolute Gasteiger partial charge is 0.456 e. The Morgan fingerprint density at radius 2 is 1.15 bits per heavy atom. The number of nitrogens with zero attached hydrogens (tertiary/aromatic N) is 2. The zero-order valence-corrected chi connectivity index (χ0v) is 26.5. The van der Waals surface area contributed by atoms with Crippen molar-refractivity contribution >= 4 is 64.2 Å². The Morgan fingerprint density at radius 3 is 2.04 bits per heavy atom. The summed E-state index contributed by atoms with van der Waals surface area (Å²) in [6.45, 7) is 0. The smallest absolute Gasteiger partial charge is 0.160 e. The Kier molecular flexibility index (Phi) is 6.05. The van der Waals surface area contributed by atoms with E-state index in [1.54, 1.807) is 0 Å². The summed E-state index contributed by atoms with van der Waals surface area (Å²) in [4.78, 5) is 10.7. The van der Waals surface area contributed by atoms with Crippen LogP contribution in [0.5, 0.6) is 0 Å². The van der Waals surface area contributed by atoms with Crippen molar-refractivity contribution in [2.24, 2.45) is 0 Å². The van der Waals surface area contributed by atoms with E-state index < -0.39 is 0 Å². The molecule has 224 valence electrons. The normalized spacial score (nSPS) is 11.8. The monoisotopic (exact) mass is 630 g/mol. The van der Waals surface area contributed by atoms with Gasteiger partial charge in [-0.2, -0.15) is 0 Å². The quantitative estimate of drug-likeness (QED) is 0.194. The lowest BCUT2D eigenvalue weighted by atomic mass is 9.95. The SMILES string of the molecule is c1ccc(-c2cc(-c3cc(-c4cccc5oc6ccccc6c45)nc(-c4ccc5ccccc5c4)n3)c3c(c2)sc2ccccc23)cc1. The first kappa shape index (κ1) is 27.1. The number of hydrogen-bond acceptors (Lipinski definition) is 4. The van der Waals surface area contributed by atoms with E-state index in [2.05, 4.69) is 140 Å². The fourth-order valence-electron chi connectivity index (χ4n) is 7.02. The first-order chi connectivity index (χ1) is 23.8. The third-order valence-corrected chi connectivity index (χ3v) is 10.4. The predicted octanol–water partition coefficient (Wildman–Crippen LogP) is 12.6. The van der Waals surface area contributed by atoms with Gasteiger partial charge in [0.2, 0.25) is 0 Å². The van der Waals surface area contributed by atoms with Gasteiger partial charge in [0.1, 0.15) is 11.2 Å². The van der Waals surface area contributed by atoms with Gasteiger partial charge < -0.3 is 4.42 Å². The minimum atomic E-state index is 0.691. The van der Waals surface area contributed by atoms with Crippen LogP contribution in [0.2, 0.25) is 0 Å². The van der Waals surface area contributed by atoms with Crippen LogP contribution >= 0.6 is 11.3 Å². The molecule has 0 spiro atoms. The van der Waals surface area contributed by atoms with Crippen LogP contribution in [0.15, 0.2) is 162 Å². The van der Waals surface area contributed by atoms with E-state index in [1.807, 2.05) is 29.5 Å². The first-order valence-corrected chi connectivity index (χ1v) is 16.9. The minimum absolute atomic E-state index is 0.691. The van der Waals surface area contributed by atoms with Gasteiger partial charge in [-0.1, -0.05) is 115 Å². The number of rotatable bonds is 4. The fourth-order valence-corrected chi connectivity index (χ4v) is 8.19. The van der Waals surface area contributed by atoms with Gasteiger partial charge in [0, 0.05) is 47.6 Å². The van der Waals surface area contributed by atoms with E-state index in [0.717, 1.165) is 55.4 Å². The molecule has 0 aliphatic carbocycles. The van der Waals surface area contributed by atoms with E-state index in [0.29, 0.717) is 5.82 Å². The van der Waals surface area contributed by atoms with Crippen LogP contribution in [0.1, 0.15) is 0 Å². The summed E-state index contributed by atoms with van der Waals surface area (Å²) >= 11 is 1.83. The van der Waals surface area contributed by atoms with Gasteiger partial charge in [-0.05, 0) is 64.4 Å². The van der Waals surface area contributed by atoms with Crippen molar-refractivity contribution in [3.63, 3.8) is 0 Å². The van der Waals surface area contributed by atoms with Gasteiger partial charge in [0.15, 0.2) is 5.82 Å². The van der Waals surface area contributed by atoms with Gasteiger partial charge in [-0.3, -0.25) is 0 Å². The van der Waals surface area contributed by atoms with Crippen molar-refractivity contribution in [1.82, 2.24) is 9.97 Å². The lowest BCUT2D eigenvalue weighted by molar-refractivity contribution is 0.669. The van der Waals surface area contributed by atoms with Crippen molar-refractivity contribution < 1.29 is 4.42 Å². The molecule has 0 radical (unpaired) electrons. The summed E-state index contributed by atoms with van der Waals surface area (Å²) in [5.41, 5.74) is 8.90. The molecule has 3 aromatic heterocycles. The number of fused-ring (bicyclic) bond motifs is 7. The van der Waals surface area contributed by atoms with Crippen molar-refractivity contribution in [3.8, 4) is 45.0 Å². The van der Waals surface area contributed by atoms with Crippen LogP contribution in [0.3, 0.4) is 0 Å². The van der Waals surface area contributed by atoms with Gasteiger partial charge in [0.25, 0.3) is 0 Å². The Hall–Kier alpha value is -6.10. The molecular weight excluding hydrogens is 605 g/mol. The molecule has 10 rings (SSSR count). The maximum atomic E-state index is 6.31. The molecule has 0 bridgehead atoms. The Labute approximate surface area is 280 Å². The lowest BCUT2D eigenvalue weighted by Gasteiger charge is -2.13. The molecular formula is C44H26N2OS. The van der Waals surface area contributed by atoms with Gasteiger partial charge >= 0.3 is 0 Å². The lowest BCUT2D eigenvalue weighted by Crippen LogP contribution is -1.97. The Balaban J connectivity index is 1.30. The third kappa shape index (κ3) is 4.34. The van der Waals surface area contributed by atoms with Crippen molar-refractivity contribution in [2.45, 2.75) is 0 Å². The zero-order chi connectivity index (χ0) is 31.6. The van der Waals surface area contributed by atoms with E-state index in [1.165, 1.54) is 36.7 Å². The Morgan fingerprint density at radius 1 is 0.417 bits per heavy atom. The summed E-state index contributed by atoms with van der Waals surface area (Å²) < 4.78 is 8.81. The molecule has 0 amide bonds. The van der Waals surface area contributed by atoms with E-state index in [9.17, 15) is 0 Å². The van der Waals surface area contributed by atoms with Crippen LogP contribution in [-0.4, -0.2) is 9.97 Å². The van der Waals surface area contributed by atoms with Gasteiger partial charge in [0.05, 0.1) is 11.4 Å². The Bertz CT molecular complexity index is 2850. The highest BCUT2D eigenvalue weighted by atomic mass is 32.1. The summed E-state index contributed by atoms with van der Waals surface area (Å²) in [5, 5.41) is 6.94. The van der Waals surface area contributed by atoms with E-state index in [-0.39, 0.29) is 0 Å². The maximum Gasteiger partial charge on any atom is 0.160 e. The number of para-hydroxylation sites is 1. The van der Waals surface area contributed by atoms with Crippen molar-refractivity contribution in [1.29, 1.82) is 0 Å². The predicted molar refractivity (Wildman–Crippen MR) is 201 cm³/mol. The molecule has 10 aromatic rings. The average molecular weight is 631 g/mol. The fraction of sp³-hybridized carbons (Fsp3) is 0. The summed E-state index contributed by atoms with van der Waals surface area (Å²) in [6, 6.07) is 55.5. The minimum Gasteiger partial charge on any atom is -0.456 e. The highest BCUT2D eigenvalue weighted by molar-refractivity contribution is 7.26. The molecule has 0 saturated carbocycles. The van der Waals surface area contributed by atoms with Crippen LogP contribution in [0.25, 0.3) is 97.9 Å². The maximum absolute atomic E-state index is 6.31. The molecule has 0 N–H and O–H groups in total. The summed E-state index contributed by atoms with van der Waals surface area (Å²) in [6.07, 6.45) is 0. The number of benzene rings is 7. The number of thiophene rings is 1. The summed E-state index contributed by atoms with van der Waals surface area (Å²) in [5.74, 6) is 0.691. The topological polar surface area (TPSA) is 38.9 Å². The molecule has 3 nitrogen and oxygen atoms in total. The second-order valence-electron chi connectivity index (χ2n) is 12.2. The zero-order valence-electron chi connectivity index (χ0n) is 25.7. The molecule has 0 aliphatic rings. The third-order valence-electron chi connectivity index (χ3n) is 9.27. The van der Waals surface area contributed by atoms with Crippen LogP contribution in [0, 0.1) is 0 Å². The van der Waals surface area contributed by atoms with Crippen molar-refractivity contribution in [2.75, 3.05) is 0 Å². The van der Waals surface area contributed by atoms with E-state index >= 15 is 0 Å². The molecule has 0 unspecified atom stereocenters. The first-order valence-electron chi connectivity index (χ1n) is 16.1. The highest BCUT2D eigenvalue weighted by Crippen LogP contribution is 2.44. The second kappa shape index (κ2) is 10.7. The molecule has 0 atom stereocenters. The van der Waals surface area contributed by atoms with Crippen LogP contribution in [0.4, 0.5) is 0 Å². The molecule has 7 aromatic carbocycles. The molecule has 4 heteroatoms. The average Bonchev–Trinajstić information content (AvgIpc) is 3.73. The molecule has 48 heavy (non-hydrogen) atoms. The molecule has 3 heterocycles. The second-order valence-corrected chi connectivity index (χ2v) is 13.2. The highest BCUT2D eigenvalue weighted by Gasteiger charge is 2.20. The number of aromatic nitrogens is 2. The molecule has 0 saturated heterocycles. The number of hydrogen-bond donors (Lipinski definition) is 0. The number of furan rings is 1. The van der Waals surface area contributed by atoms with Gasteiger partial charge in [-0.15, -0.1) is 11.3 Å². The standard InChI is InChI=1S/C44H26N2OS/c1-2-11-27(12-3-1)31-24-35(43-34-16-7-9-20-40(34)48-41(43)25-31)37-26-36(32-17-10-19-39-42(32)33-15-6-8-18-38(33)47-39)45-44(46-37)30-22-21-28-13-4-5-14-29(28)23-30/h1-26H. The summed E-state index contributed by atoms with van der Waals surface area (Å²) in [7, 11) is 0. The van der Waals surface area contributed by atoms with Gasteiger partial charge in [-0.25, -0.2) is 9.97 Å². The van der Waals surface area contributed by atoms with Crippen molar-refractivity contribution in [3.05, 3.63) is 158 Å².